The van der Waals surface area contributed by atoms with Crippen molar-refractivity contribution in [2.75, 3.05) is 11.4 Å². The van der Waals surface area contributed by atoms with E-state index in [9.17, 15) is 9.90 Å². The van der Waals surface area contributed by atoms with Gasteiger partial charge in [0.1, 0.15) is 12.4 Å². The van der Waals surface area contributed by atoms with Crippen LogP contribution in [-0.4, -0.2) is 52.8 Å². The first-order valence-electron chi connectivity index (χ1n) is 11.3. The van der Waals surface area contributed by atoms with Crippen molar-refractivity contribution in [2.45, 2.75) is 26.8 Å². The summed E-state index contributed by atoms with van der Waals surface area (Å²) in [6.45, 7) is 4.22. The maximum absolute atomic E-state index is 11.8. The topological polar surface area (TPSA) is 125 Å². The molecule has 0 saturated heterocycles. The van der Waals surface area contributed by atoms with Crippen LogP contribution in [0.3, 0.4) is 0 Å². The predicted octanol–water partition coefficient (Wildman–Crippen LogP) is 3.54. The quantitative estimate of drug-likeness (QED) is 0.354. The third kappa shape index (κ3) is 4.45. The van der Waals surface area contributed by atoms with E-state index in [-0.39, 0.29) is 6.54 Å². The number of aromatic nitrogens is 7. The number of carboxylic acids is 1. The zero-order chi connectivity index (χ0) is 24.4. The Morgan fingerprint density at radius 3 is 2.57 bits per heavy atom. The van der Waals surface area contributed by atoms with Crippen LogP contribution in [0.15, 0.2) is 60.8 Å². The van der Waals surface area contributed by atoms with Crippen LogP contribution < -0.4 is 4.90 Å². The molecule has 3 aromatic heterocycles. The van der Waals surface area contributed by atoms with E-state index >= 15 is 0 Å². The van der Waals surface area contributed by atoms with Gasteiger partial charge in [0.15, 0.2) is 11.5 Å². The number of aromatic amines is 1. The SMILES string of the molecule is CCc1cc(N(CC(=O)O)Cc2ccc(-c3ccccc3-c3nnn[nH]3)cc2)n2ncc(C)c2n1. The molecule has 0 aliphatic rings. The number of hydrogen-bond acceptors (Lipinski definition) is 7. The highest BCUT2D eigenvalue weighted by atomic mass is 16.4. The molecule has 0 aliphatic carbocycles. The molecule has 0 aliphatic heterocycles. The largest absolute Gasteiger partial charge is 0.480 e. The Bertz CT molecular complexity index is 1480. The van der Waals surface area contributed by atoms with Gasteiger partial charge in [0.25, 0.3) is 0 Å². The summed E-state index contributed by atoms with van der Waals surface area (Å²) < 4.78 is 1.72. The van der Waals surface area contributed by atoms with Gasteiger partial charge in [-0.1, -0.05) is 55.5 Å². The van der Waals surface area contributed by atoms with Gasteiger partial charge in [-0.25, -0.2) is 10.1 Å². The fourth-order valence-electron chi connectivity index (χ4n) is 4.12. The number of anilines is 1. The Morgan fingerprint density at radius 1 is 1.11 bits per heavy atom. The molecule has 5 aromatic rings. The summed E-state index contributed by atoms with van der Waals surface area (Å²) in [6, 6.07) is 17.9. The second-order valence-corrected chi connectivity index (χ2v) is 8.26. The second kappa shape index (κ2) is 9.34. The molecular weight excluding hydrogens is 444 g/mol. The first-order chi connectivity index (χ1) is 17.0. The van der Waals surface area contributed by atoms with Crippen LogP contribution in [0.5, 0.6) is 0 Å². The summed E-state index contributed by atoms with van der Waals surface area (Å²) in [5.41, 5.74) is 6.45. The van der Waals surface area contributed by atoms with E-state index in [0.29, 0.717) is 18.2 Å². The lowest BCUT2D eigenvalue weighted by Crippen LogP contribution is -2.31. The molecule has 0 atom stereocenters. The summed E-state index contributed by atoms with van der Waals surface area (Å²) in [7, 11) is 0. The summed E-state index contributed by atoms with van der Waals surface area (Å²) in [5, 5.41) is 28.3. The molecule has 2 N–H and O–H groups in total. The van der Waals surface area contributed by atoms with Gasteiger partial charge in [0.05, 0.1) is 6.20 Å². The first kappa shape index (κ1) is 22.2. The fraction of sp³-hybridized carbons (Fsp3) is 0.200. The zero-order valence-electron chi connectivity index (χ0n) is 19.4. The smallest absolute Gasteiger partial charge is 0.323 e. The maximum Gasteiger partial charge on any atom is 0.323 e. The van der Waals surface area contributed by atoms with Crippen LogP contribution >= 0.6 is 0 Å². The Hall–Kier alpha value is -4.60. The van der Waals surface area contributed by atoms with Crippen LogP contribution in [0, 0.1) is 6.92 Å². The summed E-state index contributed by atoms with van der Waals surface area (Å²) in [6.07, 6.45) is 2.49. The minimum absolute atomic E-state index is 0.162. The number of carbonyl (C=O) groups is 1. The molecule has 0 amide bonds. The van der Waals surface area contributed by atoms with E-state index in [4.69, 9.17) is 0 Å². The molecule has 2 aromatic carbocycles. The maximum atomic E-state index is 11.8. The minimum Gasteiger partial charge on any atom is -0.480 e. The molecule has 5 rings (SSSR count). The van der Waals surface area contributed by atoms with Crippen LogP contribution in [0.2, 0.25) is 0 Å². The fourth-order valence-corrected chi connectivity index (χ4v) is 4.12. The lowest BCUT2D eigenvalue weighted by atomic mass is 9.98. The number of benzene rings is 2. The van der Waals surface area contributed by atoms with E-state index < -0.39 is 5.97 Å². The third-order valence-electron chi connectivity index (χ3n) is 5.86. The van der Waals surface area contributed by atoms with Gasteiger partial charge in [-0.15, -0.1) is 5.10 Å². The van der Waals surface area contributed by atoms with E-state index in [1.807, 2.05) is 73.3 Å². The number of aliphatic carboxylic acids is 1. The standard InChI is InChI=1S/C25H24N8O2/c1-3-19-12-22(33-25(27-19)16(2)13-26-33)32(15-23(34)35)14-17-8-10-18(11-9-17)20-6-4-5-7-21(20)24-28-30-31-29-24/h4-13H,3,14-15H2,1-2H3,(H,34,35)(H,28,29,30,31). The van der Waals surface area contributed by atoms with Crippen molar-refractivity contribution in [1.29, 1.82) is 0 Å². The van der Waals surface area contributed by atoms with Gasteiger partial charge in [0.2, 0.25) is 0 Å². The van der Waals surface area contributed by atoms with Crippen molar-refractivity contribution in [3.05, 3.63) is 77.6 Å². The average Bonchev–Trinajstić information content (AvgIpc) is 3.54. The monoisotopic (exact) mass is 468 g/mol. The first-order valence-corrected chi connectivity index (χ1v) is 11.3. The molecule has 35 heavy (non-hydrogen) atoms. The number of fused-ring (bicyclic) bond motifs is 1. The molecule has 0 spiro atoms. The number of hydrogen-bond donors (Lipinski definition) is 2. The van der Waals surface area contributed by atoms with E-state index in [2.05, 4.69) is 30.7 Å². The van der Waals surface area contributed by atoms with Crippen molar-refractivity contribution >= 4 is 17.4 Å². The summed E-state index contributed by atoms with van der Waals surface area (Å²) >= 11 is 0. The number of tetrazole rings is 1. The van der Waals surface area contributed by atoms with E-state index in [1.165, 1.54) is 0 Å². The van der Waals surface area contributed by atoms with Gasteiger partial charge < -0.3 is 10.0 Å². The Morgan fingerprint density at radius 2 is 1.89 bits per heavy atom. The van der Waals surface area contributed by atoms with Crippen LogP contribution in [0.1, 0.15) is 23.7 Å². The summed E-state index contributed by atoms with van der Waals surface area (Å²) in [4.78, 5) is 18.2. The molecule has 0 bridgehead atoms. The molecule has 176 valence electrons. The highest BCUT2D eigenvalue weighted by Crippen LogP contribution is 2.30. The number of aryl methyl sites for hydroxylation is 2. The van der Waals surface area contributed by atoms with E-state index in [0.717, 1.165) is 45.6 Å². The molecule has 10 heteroatoms. The molecule has 0 radical (unpaired) electrons. The minimum atomic E-state index is -0.914. The molecule has 3 heterocycles. The van der Waals surface area contributed by atoms with E-state index in [1.54, 1.807) is 10.7 Å². The number of nitrogens with one attached hydrogen (secondary N) is 1. The highest BCUT2D eigenvalue weighted by Gasteiger charge is 2.18. The summed E-state index contributed by atoms with van der Waals surface area (Å²) in [5.74, 6) is 0.387. The van der Waals surface area contributed by atoms with Gasteiger partial charge >= 0.3 is 5.97 Å². The number of rotatable bonds is 8. The lowest BCUT2D eigenvalue weighted by Gasteiger charge is -2.24. The van der Waals surface area contributed by atoms with Gasteiger partial charge in [-0.2, -0.15) is 9.61 Å². The Balaban J connectivity index is 1.48. The van der Waals surface area contributed by atoms with Gasteiger partial charge in [-0.05, 0) is 40.5 Å². The molecular formula is C25H24N8O2. The molecule has 0 unspecified atom stereocenters. The van der Waals surface area contributed by atoms with Crippen LogP contribution in [0.4, 0.5) is 5.82 Å². The second-order valence-electron chi connectivity index (χ2n) is 8.26. The number of carboxylic acid groups (broad SMARTS) is 1. The van der Waals surface area contributed by atoms with Gasteiger partial charge in [-0.3, -0.25) is 4.79 Å². The highest BCUT2D eigenvalue weighted by molar-refractivity contribution is 5.80. The van der Waals surface area contributed by atoms with Crippen LogP contribution in [0.25, 0.3) is 28.2 Å². The van der Waals surface area contributed by atoms with Crippen molar-refractivity contribution in [1.82, 2.24) is 35.2 Å². The third-order valence-corrected chi connectivity index (χ3v) is 5.86. The molecule has 10 nitrogen and oxygen atoms in total. The lowest BCUT2D eigenvalue weighted by molar-refractivity contribution is -0.135. The van der Waals surface area contributed by atoms with Crippen LogP contribution in [-0.2, 0) is 17.8 Å². The van der Waals surface area contributed by atoms with Crippen molar-refractivity contribution in [3.8, 4) is 22.5 Å². The normalized spacial score (nSPS) is 11.1. The van der Waals surface area contributed by atoms with Gasteiger partial charge in [0, 0.05) is 29.4 Å². The number of H-pyrrole nitrogens is 1. The predicted molar refractivity (Wildman–Crippen MR) is 131 cm³/mol. The Kier molecular flexibility index (Phi) is 5.92. The number of nitrogens with zero attached hydrogens (tertiary/aromatic N) is 7. The Labute approximate surface area is 201 Å². The van der Waals surface area contributed by atoms with Crippen molar-refractivity contribution in [2.24, 2.45) is 0 Å². The van der Waals surface area contributed by atoms with Crippen molar-refractivity contribution in [3.63, 3.8) is 0 Å². The molecule has 0 fully saturated rings. The molecule has 0 saturated carbocycles. The van der Waals surface area contributed by atoms with Crippen molar-refractivity contribution < 1.29 is 9.90 Å². The zero-order valence-corrected chi connectivity index (χ0v) is 19.4. The average molecular weight is 469 g/mol.